The van der Waals surface area contributed by atoms with Crippen molar-refractivity contribution >= 4 is 31.9 Å². The van der Waals surface area contributed by atoms with Gasteiger partial charge in [0.05, 0.1) is 0 Å². The number of aliphatic hydroxyl groups is 1. The zero-order chi connectivity index (χ0) is 8.43. The van der Waals surface area contributed by atoms with Crippen LogP contribution in [-0.4, -0.2) is 10.4 Å². The topological polar surface area (TPSA) is 33.4 Å². The first kappa shape index (κ1) is 9.29. The predicted octanol–water partition coefficient (Wildman–Crippen LogP) is 2.78. The predicted molar refractivity (Wildman–Crippen MR) is 49.9 cm³/mol. The lowest BCUT2D eigenvalue weighted by Gasteiger charge is -2.02. The van der Waals surface area contributed by atoms with Crippen LogP contribution in [0.5, 0.6) is 0 Å². The molecule has 0 aromatic carbocycles. The van der Waals surface area contributed by atoms with Crippen molar-refractivity contribution in [2.75, 3.05) is 5.33 Å². The number of hydrogen-bond acceptors (Lipinski definition) is 2. The standard InChI is InChI=1S/C7H8Br2O2/c1-4-2-6(9)11-7(4)5(10)3-8/h2,5,10H,3H2,1H3. The molecule has 4 heteroatoms. The monoisotopic (exact) mass is 282 g/mol. The van der Waals surface area contributed by atoms with Gasteiger partial charge in [0.15, 0.2) is 4.67 Å². The lowest BCUT2D eigenvalue weighted by atomic mass is 10.2. The van der Waals surface area contributed by atoms with Crippen molar-refractivity contribution < 1.29 is 9.52 Å². The summed E-state index contributed by atoms with van der Waals surface area (Å²) in [5.41, 5.74) is 0.962. The maximum Gasteiger partial charge on any atom is 0.169 e. The average molecular weight is 284 g/mol. The number of halogens is 2. The molecule has 1 aromatic rings. The highest BCUT2D eigenvalue weighted by atomic mass is 79.9. The van der Waals surface area contributed by atoms with E-state index in [4.69, 9.17) is 4.42 Å². The molecule has 0 aliphatic carbocycles. The number of hydrogen-bond donors (Lipinski definition) is 1. The molecule has 62 valence electrons. The Kier molecular flexibility index (Phi) is 3.16. The summed E-state index contributed by atoms with van der Waals surface area (Å²) in [6, 6.07) is 1.83. The summed E-state index contributed by atoms with van der Waals surface area (Å²) in [6.45, 7) is 1.90. The number of rotatable bonds is 2. The van der Waals surface area contributed by atoms with Gasteiger partial charge in [-0.25, -0.2) is 0 Å². The van der Waals surface area contributed by atoms with E-state index >= 15 is 0 Å². The second-order valence-electron chi connectivity index (χ2n) is 2.27. The van der Waals surface area contributed by atoms with Gasteiger partial charge in [0.1, 0.15) is 11.9 Å². The van der Waals surface area contributed by atoms with E-state index in [9.17, 15) is 5.11 Å². The number of aliphatic hydroxyl groups excluding tert-OH is 1. The summed E-state index contributed by atoms with van der Waals surface area (Å²) >= 11 is 6.36. The van der Waals surface area contributed by atoms with Gasteiger partial charge in [-0.2, -0.15) is 0 Å². The lowest BCUT2D eigenvalue weighted by Crippen LogP contribution is -1.97. The molecular weight excluding hydrogens is 276 g/mol. The average Bonchev–Trinajstić information content (AvgIpc) is 2.28. The molecule has 0 amide bonds. The lowest BCUT2D eigenvalue weighted by molar-refractivity contribution is 0.172. The summed E-state index contributed by atoms with van der Waals surface area (Å²) < 4.78 is 5.86. The van der Waals surface area contributed by atoms with Crippen molar-refractivity contribution in [3.05, 3.63) is 22.1 Å². The molecule has 1 aromatic heterocycles. The Hall–Kier alpha value is 0.200. The quantitative estimate of drug-likeness (QED) is 0.847. The van der Waals surface area contributed by atoms with Crippen LogP contribution >= 0.6 is 31.9 Å². The largest absolute Gasteiger partial charge is 0.451 e. The van der Waals surface area contributed by atoms with Gasteiger partial charge >= 0.3 is 0 Å². The summed E-state index contributed by atoms with van der Waals surface area (Å²) in [7, 11) is 0. The molecule has 0 aliphatic heterocycles. The van der Waals surface area contributed by atoms with Crippen LogP contribution in [0.4, 0.5) is 0 Å². The molecule has 1 unspecified atom stereocenters. The highest BCUT2D eigenvalue weighted by molar-refractivity contribution is 9.10. The SMILES string of the molecule is Cc1cc(Br)oc1C(O)CBr. The summed E-state index contributed by atoms with van der Waals surface area (Å²) in [4.78, 5) is 0. The fraction of sp³-hybridized carbons (Fsp3) is 0.429. The second-order valence-corrected chi connectivity index (χ2v) is 3.70. The van der Waals surface area contributed by atoms with Crippen LogP contribution in [0.15, 0.2) is 15.2 Å². The first-order chi connectivity index (χ1) is 5.15. The highest BCUT2D eigenvalue weighted by Gasteiger charge is 2.13. The van der Waals surface area contributed by atoms with Crippen LogP contribution < -0.4 is 0 Å². The Morgan fingerprint density at radius 1 is 1.73 bits per heavy atom. The van der Waals surface area contributed by atoms with Crippen LogP contribution in [0.2, 0.25) is 0 Å². The minimum atomic E-state index is -0.554. The Morgan fingerprint density at radius 3 is 2.73 bits per heavy atom. The first-order valence-electron chi connectivity index (χ1n) is 3.15. The van der Waals surface area contributed by atoms with Crippen molar-refractivity contribution in [1.29, 1.82) is 0 Å². The molecule has 1 heterocycles. The smallest absolute Gasteiger partial charge is 0.169 e. The van der Waals surface area contributed by atoms with Crippen molar-refractivity contribution in [2.24, 2.45) is 0 Å². The molecule has 11 heavy (non-hydrogen) atoms. The van der Waals surface area contributed by atoms with Crippen molar-refractivity contribution in [1.82, 2.24) is 0 Å². The number of furan rings is 1. The van der Waals surface area contributed by atoms with Gasteiger partial charge in [0.25, 0.3) is 0 Å². The normalized spacial score (nSPS) is 13.5. The third-order valence-corrected chi connectivity index (χ3v) is 2.38. The van der Waals surface area contributed by atoms with Gasteiger partial charge < -0.3 is 9.52 Å². The molecule has 0 radical (unpaired) electrons. The van der Waals surface area contributed by atoms with Crippen molar-refractivity contribution in [3.63, 3.8) is 0 Å². The summed E-state index contributed by atoms with van der Waals surface area (Å²) in [6.07, 6.45) is -0.554. The first-order valence-corrected chi connectivity index (χ1v) is 5.06. The van der Waals surface area contributed by atoms with E-state index in [0.29, 0.717) is 15.8 Å². The number of alkyl halides is 1. The Bertz CT molecular complexity index is 245. The van der Waals surface area contributed by atoms with Crippen LogP contribution in [0.1, 0.15) is 17.4 Å². The number of aryl methyl sites for hydroxylation is 1. The molecule has 1 rings (SSSR count). The minimum absolute atomic E-state index is 0.494. The summed E-state index contributed by atoms with van der Waals surface area (Å²) in [5.74, 6) is 0.619. The van der Waals surface area contributed by atoms with Crippen LogP contribution in [-0.2, 0) is 0 Å². The van der Waals surface area contributed by atoms with Crippen LogP contribution in [0, 0.1) is 6.92 Å². The maximum absolute atomic E-state index is 9.36. The fourth-order valence-corrected chi connectivity index (χ4v) is 1.67. The van der Waals surface area contributed by atoms with E-state index < -0.39 is 6.10 Å². The molecule has 2 nitrogen and oxygen atoms in total. The van der Waals surface area contributed by atoms with E-state index in [-0.39, 0.29) is 0 Å². The molecule has 1 N–H and O–H groups in total. The molecule has 0 bridgehead atoms. The van der Waals surface area contributed by atoms with Gasteiger partial charge in [0.2, 0.25) is 0 Å². The molecule has 0 saturated heterocycles. The van der Waals surface area contributed by atoms with Gasteiger partial charge in [-0.05, 0) is 34.5 Å². The molecule has 1 atom stereocenters. The Morgan fingerprint density at radius 2 is 2.36 bits per heavy atom. The second kappa shape index (κ2) is 3.74. The van der Waals surface area contributed by atoms with Crippen LogP contribution in [0.3, 0.4) is 0 Å². The minimum Gasteiger partial charge on any atom is -0.451 e. The molecule has 0 saturated carbocycles. The van der Waals surface area contributed by atoms with Gasteiger partial charge in [0, 0.05) is 5.33 Å². The molecular formula is C7H8Br2O2. The van der Waals surface area contributed by atoms with E-state index in [1.54, 1.807) is 0 Å². The van der Waals surface area contributed by atoms with Crippen molar-refractivity contribution in [3.8, 4) is 0 Å². The zero-order valence-corrected chi connectivity index (χ0v) is 9.15. The maximum atomic E-state index is 9.36. The van der Waals surface area contributed by atoms with E-state index in [0.717, 1.165) is 5.56 Å². The van der Waals surface area contributed by atoms with Gasteiger partial charge in [-0.15, -0.1) is 0 Å². The van der Waals surface area contributed by atoms with Crippen molar-refractivity contribution in [2.45, 2.75) is 13.0 Å². The Balaban J connectivity index is 2.93. The third kappa shape index (κ3) is 2.07. The van der Waals surface area contributed by atoms with E-state index in [1.165, 1.54) is 0 Å². The summed E-state index contributed by atoms with van der Waals surface area (Å²) in [5, 5.41) is 9.86. The highest BCUT2D eigenvalue weighted by Crippen LogP contribution is 2.25. The zero-order valence-electron chi connectivity index (χ0n) is 5.97. The third-order valence-electron chi connectivity index (χ3n) is 1.37. The van der Waals surface area contributed by atoms with E-state index in [1.807, 2.05) is 13.0 Å². The fourth-order valence-electron chi connectivity index (χ4n) is 0.857. The molecule has 0 fully saturated rings. The van der Waals surface area contributed by atoms with Gasteiger partial charge in [-0.3, -0.25) is 0 Å². The molecule has 0 spiro atoms. The molecule has 0 aliphatic rings. The van der Waals surface area contributed by atoms with Gasteiger partial charge in [-0.1, -0.05) is 15.9 Å². The van der Waals surface area contributed by atoms with Crippen LogP contribution in [0.25, 0.3) is 0 Å². The van der Waals surface area contributed by atoms with E-state index in [2.05, 4.69) is 31.9 Å². The Labute approximate surface area is 81.8 Å².